The Balaban J connectivity index is 1.39. The van der Waals surface area contributed by atoms with Crippen LogP contribution in [0.3, 0.4) is 0 Å². The van der Waals surface area contributed by atoms with E-state index in [9.17, 15) is 54.7 Å². The van der Waals surface area contributed by atoms with E-state index >= 15 is 0 Å². The van der Waals surface area contributed by atoms with Crippen LogP contribution in [0, 0.1) is 20.2 Å². The molecule has 17 heteroatoms. The molecule has 0 radical (unpaired) electrons. The molecule has 2 heterocycles. The number of nitro groups is 2. The second kappa shape index (κ2) is 15.6. The number of rotatable bonds is 15. The fraction of sp³-hybridized carbons (Fsp3) is 0.250. The van der Waals surface area contributed by atoms with Crippen molar-refractivity contribution >= 4 is 58.2 Å². The minimum atomic E-state index is -1.85. The van der Waals surface area contributed by atoms with E-state index in [-0.39, 0.29) is 65.9 Å². The molecule has 6 rings (SSSR count). The highest BCUT2D eigenvalue weighted by molar-refractivity contribution is 8.04. The number of hydrogen-bond acceptors (Lipinski definition) is 11. The Morgan fingerprint density at radius 3 is 1.53 bits per heavy atom. The summed E-state index contributed by atoms with van der Waals surface area (Å²) in [6, 6.07) is 23.8. The summed E-state index contributed by atoms with van der Waals surface area (Å²) in [6.45, 7) is 2.68. The molecule has 0 aromatic heterocycles. The fourth-order valence-corrected chi connectivity index (χ4v) is 9.23. The molecule has 0 bridgehead atoms. The average Bonchev–Trinajstić information content (AvgIpc) is 3.38. The average molecular weight is 796 g/mol. The maximum Gasteiger partial charge on any atom is 0.353 e. The number of aliphatic carboxylic acids is 1. The summed E-state index contributed by atoms with van der Waals surface area (Å²) >= 11 is 1.04. The van der Waals surface area contributed by atoms with Gasteiger partial charge in [-0.25, -0.2) is 4.79 Å². The quantitative estimate of drug-likeness (QED) is 0.0550. The predicted octanol–water partition coefficient (Wildman–Crippen LogP) is 5.73. The van der Waals surface area contributed by atoms with Crippen LogP contribution < -0.4 is 10.6 Å². The van der Waals surface area contributed by atoms with Gasteiger partial charge in [0.05, 0.1) is 27.5 Å². The molecule has 1 saturated heterocycles. The van der Waals surface area contributed by atoms with Crippen LogP contribution in [-0.2, 0) is 43.2 Å². The highest BCUT2D eigenvalue weighted by Gasteiger charge is 2.63. The first-order valence-electron chi connectivity index (χ1n) is 17.6. The van der Waals surface area contributed by atoms with E-state index in [1.807, 2.05) is 0 Å². The Kier molecular flexibility index (Phi) is 11.0. The van der Waals surface area contributed by atoms with Crippen molar-refractivity contribution in [1.82, 2.24) is 4.90 Å². The van der Waals surface area contributed by atoms with Crippen molar-refractivity contribution in [3.8, 4) is 0 Å². The van der Waals surface area contributed by atoms with E-state index in [0.717, 1.165) is 16.7 Å². The molecule has 5 N–H and O–H groups in total. The number of amides is 3. The molecule has 4 aromatic rings. The Labute approximate surface area is 329 Å². The molecule has 1 unspecified atom stereocenters. The number of nitrogens with one attached hydrogen (secondary N) is 2. The van der Waals surface area contributed by atoms with Crippen molar-refractivity contribution in [2.75, 3.05) is 10.6 Å². The van der Waals surface area contributed by atoms with Crippen LogP contribution in [0.25, 0.3) is 0 Å². The van der Waals surface area contributed by atoms with Gasteiger partial charge in [-0.3, -0.25) is 39.5 Å². The van der Waals surface area contributed by atoms with Gasteiger partial charge in [-0.2, -0.15) is 0 Å². The summed E-state index contributed by atoms with van der Waals surface area (Å²) < 4.78 is 0. The number of non-ortho nitro benzene ring substituents is 2. The van der Waals surface area contributed by atoms with Gasteiger partial charge in [0.1, 0.15) is 10.6 Å². The number of thioether (sulfide) groups is 1. The van der Waals surface area contributed by atoms with Crippen LogP contribution >= 0.6 is 11.8 Å². The lowest BCUT2D eigenvalue weighted by Crippen LogP contribution is -2.61. The summed E-state index contributed by atoms with van der Waals surface area (Å²) in [7, 11) is 0. The standard InChI is InChI=1S/C40H37N5O11S/c1-24(46)41-30-11-7-28(8-12-30)38(51,19-26-3-15-32(16-4-26)44(53)54)21-34-36(37(49)50)43-35(48)22-40(43,57-34)23-39(52,20-27-5-17-33(18-6-27)45(55)56)29-9-13-31(14-10-29)42-25(2)47/h3-18,51-52H,19-23H2,1-2H3,(H,41,46)(H,42,47)(H,49,50)/t38-,39-,40?/m0/s1. The zero-order valence-electron chi connectivity index (χ0n) is 30.6. The summed E-state index contributed by atoms with van der Waals surface area (Å²) in [5, 5.41) is 63.8. The smallest absolute Gasteiger partial charge is 0.353 e. The minimum absolute atomic E-state index is 0.0999. The lowest BCUT2D eigenvalue weighted by atomic mass is 9.78. The number of nitrogens with zero attached hydrogens (tertiary/aromatic N) is 3. The first kappa shape index (κ1) is 40.2. The molecule has 0 saturated carbocycles. The molecule has 4 aromatic carbocycles. The normalized spacial score (nSPS) is 18.1. The third-order valence-electron chi connectivity index (χ3n) is 9.88. The van der Waals surface area contributed by atoms with Gasteiger partial charge in [0.15, 0.2) is 0 Å². The molecule has 57 heavy (non-hydrogen) atoms. The monoisotopic (exact) mass is 795 g/mol. The molecular formula is C40H37N5O11S. The van der Waals surface area contributed by atoms with E-state index in [2.05, 4.69) is 10.6 Å². The maximum absolute atomic E-state index is 13.4. The van der Waals surface area contributed by atoms with Gasteiger partial charge in [0.25, 0.3) is 11.4 Å². The predicted molar refractivity (Wildman–Crippen MR) is 209 cm³/mol. The molecule has 0 spiro atoms. The number of anilines is 2. The number of fused-ring (bicyclic) bond motifs is 1. The number of β-lactam (4-membered cyclic amide) rings is 1. The van der Waals surface area contributed by atoms with E-state index in [1.165, 1.54) is 62.4 Å². The Morgan fingerprint density at radius 1 is 0.719 bits per heavy atom. The van der Waals surface area contributed by atoms with Gasteiger partial charge in [-0.15, -0.1) is 0 Å². The van der Waals surface area contributed by atoms with Crippen LogP contribution in [0.1, 0.15) is 55.4 Å². The lowest BCUT2D eigenvalue weighted by Gasteiger charge is -2.50. The number of hydrogen-bond donors (Lipinski definition) is 5. The Bertz CT molecular complexity index is 2300. The molecule has 16 nitrogen and oxygen atoms in total. The highest BCUT2D eigenvalue weighted by Crippen LogP contribution is 2.61. The highest BCUT2D eigenvalue weighted by atomic mass is 32.2. The van der Waals surface area contributed by atoms with E-state index < -0.39 is 37.8 Å². The maximum atomic E-state index is 13.4. The zero-order chi connectivity index (χ0) is 41.3. The molecular weight excluding hydrogens is 759 g/mol. The second-order valence-electron chi connectivity index (χ2n) is 14.2. The zero-order valence-corrected chi connectivity index (χ0v) is 31.4. The third-order valence-corrected chi connectivity index (χ3v) is 11.3. The van der Waals surface area contributed by atoms with Crippen molar-refractivity contribution < 1.29 is 44.3 Å². The van der Waals surface area contributed by atoms with Crippen molar-refractivity contribution in [2.24, 2.45) is 0 Å². The van der Waals surface area contributed by atoms with E-state index in [1.54, 1.807) is 48.5 Å². The number of nitro benzene ring substituents is 2. The first-order chi connectivity index (χ1) is 26.9. The van der Waals surface area contributed by atoms with Gasteiger partial charge in [0, 0.05) is 80.1 Å². The first-order valence-corrected chi connectivity index (χ1v) is 18.4. The van der Waals surface area contributed by atoms with Gasteiger partial charge in [0.2, 0.25) is 17.7 Å². The number of benzene rings is 4. The number of carbonyl (C=O) groups is 4. The molecule has 294 valence electrons. The van der Waals surface area contributed by atoms with Crippen molar-refractivity contribution in [3.63, 3.8) is 0 Å². The van der Waals surface area contributed by atoms with E-state index in [0.29, 0.717) is 33.6 Å². The van der Waals surface area contributed by atoms with Gasteiger partial charge < -0.3 is 26.0 Å². The van der Waals surface area contributed by atoms with Gasteiger partial charge in [-0.1, -0.05) is 60.3 Å². The second-order valence-corrected chi connectivity index (χ2v) is 15.6. The summed E-state index contributed by atoms with van der Waals surface area (Å²) in [6.07, 6.45) is -0.937. The summed E-state index contributed by atoms with van der Waals surface area (Å²) in [4.78, 5) is 71.4. The Morgan fingerprint density at radius 2 is 1.14 bits per heavy atom. The van der Waals surface area contributed by atoms with Gasteiger partial charge in [-0.05, 0) is 46.5 Å². The largest absolute Gasteiger partial charge is 0.477 e. The van der Waals surface area contributed by atoms with Crippen LogP contribution in [0.2, 0.25) is 0 Å². The molecule has 3 amide bonds. The number of aliphatic hydroxyl groups is 2. The molecule has 3 atom stereocenters. The summed E-state index contributed by atoms with van der Waals surface area (Å²) in [5.74, 6) is -2.60. The number of carboxylic acids is 1. The number of carboxylic acid groups (broad SMARTS) is 1. The SMILES string of the molecule is CC(=O)Nc1ccc([C@@](O)(CC2=C(C(=O)O)N3C(=O)CC3(C[C@@](O)(Cc3ccc([N+](=O)[O-])cc3)c3ccc(NC(C)=O)cc3)S2)Cc2ccc([N+](=O)[O-])cc2)cc1. The van der Waals surface area contributed by atoms with Gasteiger partial charge >= 0.3 is 5.97 Å². The fourth-order valence-electron chi connectivity index (χ4n) is 7.39. The third kappa shape index (κ3) is 8.55. The number of carbonyl (C=O) groups excluding carboxylic acids is 3. The van der Waals surface area contributed by atoms with Crippen LogP contribution in [0.4, 0.5) is 22.7 Å². The lowest BCUT2D eigenvalue weighted by molar-refractivity contribution is -0.385. The van der Waals surface area contributed by atoms with Crippen LogP contribution in [-0.4, -0.2) is 58.6 Å². The van der Waals surface area contributed by atoms with Crippen LogP contribution in [0.15, 0.2) is 108 Å². The van der Waals surface area contributed by atoms with Crippen molar-refractivity contribution in [2.45, 2.75) is 62.0 Å². The molecule has 2 aliphatic rings. The van der Waals surface area contributed by atoms with Crippen molar-refractivity contribution in [3.05, 3.63) is 150 Å². The van der Waals surface area contributed by atoms with E-state index in [4.69, 9.17) is 0 Å². The molecule has 0 aliphatic carbocycles. The minimum Gasteiger partial charge on any atom is -0.477 e. The van der Waals surface area contributed by atoms with Crippen molar-refractivity contribution in [1.29, 1.82) is 0 Å². The summed E-state index contributed by atoms with van der Waals surface area (Å²) in [5.41, 5.74) is -1.76. The van der Waals surface area contributed by atoms with Crippen LogP contribution in [0.5, 0.6) is 0 Å². The Hall–Kier alpha value is -6.43. The topological polar surface area (TPSA) is 243 Å². The molecule has 2 aliphatic heterocycles. The molecule has 1 fully saturated rings.